The van der Waals surface area contributed by atoms with Crippen molar-refractivity contribution in [2.75, 3.05) is 44.9 Å². The molecule has 0 aliphatic heterocycles. The van der Waals surface area contributed by atoms with Gasteiger partial charge in [0.05, 0.1) is 12.0 Å². The summed E-state index contributed by atoms with van der Waals surface area (Å²) in [5.74, 6) is 0.780. The molecular formula is C24H27N3O2S. The molecule has 0 saturated carbocycles. The van der Waals surface area contributed by atoms with Crippen molar-refractivity contribution in [3.63, 3.8) is 0 Å². The third kappa shape index (κ3) is 5.07. The quantitative estimate of drug-likeness (QED) is 0.528. The molecule has 30 heavy (non-hydrogen) atoms. The van der Waals surface area contributed by atoms with Gasteiger partial charge in [-0.3, -0.25) is 4.79 Å². The van der Waals surface area contributed by atoms with E-state index in [4.69, 9.17) is 4.74 Å². The number of ether oxygens (including phenoxy) is 1. The summed E-state index contributed by atoms with van der Waals surface area (Å²) in [7, 11) is 9.23. The zero-order valence-corrected chi connectivity index (χ0v) is 18.8. The first-order chi connectivity index (χ1) is 14.4. The molecule has 0 radical (unpaired) electrons. The molecule has 0 aliphatic rings. The standard InChI is InChI=1S/C24H27N3O2S/c1-26(2)21-11-7-10-20(16-21)25-30-23-15-18(12-13-22(23)29-5)17-8-6-9-19(14-17)24(28)27(3)4/h6-16,25H,1-5H3. The van der Waals surface area contributed by atoms with E-state index >= 15 is 0 Å². The number of benzene rings is 3. The number of nitrogens with zero attached hydrogens (tertiary/aromatic N) is 2. The second-order valence-corrected chi connectivity index (χ2v) is 8.14. The van der Waals surface area contributed by atoms with Crippen molar-refractivity contribution in [1.82, 2.24) is 4.90 Å². The van der Waals surface area contributed by atoms with E-state index in [0.29, 0.717) is 5.56 Å². The van der Waals surface area contributed by atoms with Gasteiger partial charge >= 0.3 is 0 Å². The van der Waals surface area contributed by atoms with Crippen LogP contribution in [0.2, 0.25) is 0 Å². The van der Waals surface area contributed by atoms with Crippen LogP contribution in [0.1, 0.15) is 10.4 Å². The van der Waals surface area contributed by atoms with E-state index in [1.165, 1.54) is 11.9 Å². The number of rotatable bonds is 7. The fourth-order valence-electron chi connectivity index (χ4n) is 2.99. The van der Waals surface area contributed by atoms with E-state index in [0.717, 1.165) is 33.1 Å². The molecule has 3 aromatic rings. The van der Waals surface area contributed by atoms with Gasteiger partial charge in [0.25, 0.3) is 5.91 Å². The second-order valence-electron chi connectivity index (χ2n) is 7.29. The van der Waals surface area contributed by atoms with Crippen molar-refractivity contribution >= 4 is 29.2 Å². The van der Waals surface area contributed by atoms with Crippen molar-refractivity contribution in [2.24, 2.45) is 0 Å². The minimum absolute atomic E-state index is 0.0117. The van der Waals surface area contributed by atoms with Crippen molar-refractivity contribution in [3.05, 3.63) is 72.3 Å². The van der Waals surface area contributed by atoms with Crippen LogP contribution >= 0.6 is 11.9 Å². The topological polar surface area (TPSA) is 44.8 Å². The summed E-state index contributed by atoms with van der Waals surface area (Å²) in [6.07, 6.45) is 0. The molecule has 0 saturated heterocycles. The lowest BCUT2D eigenvalue weighted by Gasteiger charge is -2.15. The van der Waals surface area contributed by atoms with Crippen LogP contribution in [0, 0.1) is 0 Å². The molecule has 1 N–H and O–H groups in total. The van der Waals surface area contributed by atoms with E-state index in [-0.39, 0.29) is 5.91 Å². The van der Waals surface area contributed by atoms with E-state index in [9.17, 15) is 4.79 Å². The summed E-state index contributed by atoms with van der Waals surface area (Å²) in [6, 6.07) is 21.9. The Morgan fingerprint density at radius 1 is 0.900 bits per heavy atom. The molecule has 0 aromatic heterocycles. The van der Waals surface area contributed by atoms with Crippen LogP contribution in [-0.4, -0.2) is 46.1 Å². The summed E-state index contributed by atoms with van der Waals surface area (Å²) < 4.78 is 8.95. The first-order valence-electron chi connectivity index (χ1n) is 9.59. The molecule has 3 aromatic carbocycles. The van der Waals surface area contributed by atoms with Gasteiger partial charge in [-0.05, 0) is 65.5 Å². The average Bonchev–Trinajstić information content (AvgIpc) is 2.77. The lowest BCUT2D eigenvalue weighted by Crippen LogP contribution is -2.21. The SMILES string of the molecule is COc1ccc(-c2cccc(C(=O)N(C)C)c2)cc1SNc1cccc(N(C)C)c1. The van der Waals surface area contributed by atoms with Gasteiger partial charge in [-0.25, -0.2) is 0 Å². The zero-order valence-electron chi connectivity index (χ0n) is 18.0. The van der Waals surface area contributed by atoms with Gasteiger partial charge < -0.3 is 19.3 Å². The Kier molecular flexibility index (Phi) is 6.90. The van der Waals surface area contributed by atoms with Crippen LogP contribution in [0.3, 0.4) is 0 Å². The van der Waals surface area contributed by atoms with Crippen molar-refractivity contribution < 1.29 is 9.53 Å². The first kappa shape index (κ1) is 21.6. The minimum Gasteiger partial charge on any atom is -0.496 e. The number of hydrogen-bond acceptors (Lipinski definition) is 5. The number of carbonyl (C=O) groups excluding carboxylic acids is 1. The van der Waals surface area contributed by atoms with Gasteiger partial charge in [-0.15, -0.1) is 0 Å². The first-order valence-corrected chi connectivity index (χ1v) is 10.4. The maximum atomic E-state index is 12.3. The summed E-state index contributed by atoms with van der Waals surface area (Å²) in [4.78, 5) is 16.9. The van der Waals surface area contributed by atoms with Crippen LogP contribution in [0.25, 0.3) is 11.1 Å². The second kappa shape index (κ2) is 9.59. The number of amides is 1. The minimum atomic E-state index is -0.0117. The van der Waals surface area contributed by atoms with E-state index in [1.54, 1.807) is 26.1 Å². The van der Waals surface area contributed by atoms with Gasteiger partial charge in [0.2, 0.25) is 0 Å². The van der Waals surface area contributed by atoms with Gasteiger partial charge in [-0.1, -0.05) is 24.3 Å². The Morgan fingerprint density at radius 3 is 2.33 bits per heavy atom. The molecule has 1 amide bonds. The molecule has 5 nitrogen and oxygen atoms in total. The van der Waals surface area contributed by atoms with Crippen LogP contribution in [0.4, 0.5) is 11.4 Å². The molecular weight excluding hydrogens is 394 g/mol. The molecule has 0 heterocycles. The summed E-state index contributed by atoms with van der Waals surface area (Å²) >= 11 is 1.50. The highest BCUT2D eigenvalue weighted by Gasteiger charge is 2.11. The molecule has 156 valence electrons. The highest BCUT2D eigenvalue weighted by atomic mass is 32.2. The lowest BCUT2D eigenvalue weighted by atomic mass is 10.0. The summed E-state index contributed by atoms with van der Waals surface area (Å²) in [5, 5.41) is 0. The maximum absolute atomic E-state index is 12.3. The van der Waals surface area contributed by atoms with E-state index in [2.05, 4.69) is 27.8 Å². The third-order valence-corrected chi connectivity index (χ3v) is 5.53. The van der Waals surface area contributed by atoms with Crippen molar-refractivity contribution in [2.45, 2.75) is 4.90 Å². The maximum Gasteiger partial charge on any atom is 0.253 e. The zero-order chi connectivity index (χ0) is 21.7. The average molecular weight is 422 g/mol. The Labute approximate surface area is 182 Å². The normalized spacial score (nSPS) is 10.4. The number of methoxy groups -OCH3 is 1. The highest BCUT2D eigenvalue weighted by Crippen LogP contribution is 2.35. The molecule has 0 unspecified atom stereocenters. The van der Waals surface area contributed by atoms with Crippen molar-refractivity contribution in [3.8, 4) is 16.9 Å². The van der Waals surface area contributed by atoms with E-state index in [1.807, 2.05) is 62.6 Å². The highest BCUT2D eigenvalue weighted by molar-refractivity contribution is 8.00. The Hall–Kier alpha value is -3.12. The Bertz CT molecular complexity index is 1030. The Balaban J connectivity index is 1.86. The summed E-state index contributed by atoms with van der Waals surface area (Å²) in [6.45, 7) is 0. The monoisotopic (exact) mass is 421 g/mol. The molecule has 6 heteroatoms. The van der Waals surface area contributed by atoms with E-state index < -0.39 is 0 Å². The number of hydrogen-bond donors (Lipinski definition) is 1. The number of anilines is 2. The van der Waals surface area contributed by atoms with Gasteiger partial charge in [0.1, 0.15) is 5.75 Å². The molecule has 0 bridgehead atoms. The molecule has 0 aliphatic carbocycles. The van der Waals surface area contributed by atoms with Crippen LogP contribution in [-0.2, 0) is 0 Å². The van der Waals surface area contributed by atoms with Crippen LogP contribution in [0.15, 0.2) is 71.6 Å². The predicted octanol–water partition coefficient (Wildman–Crippen LogP) is 5.25. The smallest absolute Gasteiger partial charge is 0.253 e. The fraction of sp³-hybridized carbons (Fsp3) is 0.208. The summed E-state index contributed by atoms with van der Waals surface area (Å²) in [5.41, 5.74) is 4.82. The van der Waals surface area contributed by atoms with Gasteiger partial charge in [-0.2, -0.15) is 0 Å². The molecule has 3 rings (SSSR count). The molecule has 0 atom stereocenters. The van der Waals surface area contributed by atoms with Crippen molar-refractivity contribution in [1.29, 1.82) is 0 Å². The van der Waals surface area contributed by atoms with Crippen LogP contribution < -0.4 is 14.4 Å². The molecule has 0 fully saturated rings. The van der Waals surface area contributed by atoms with Gasteiger partial charge in [0.15, 0.2) is 0 Å². The largest absolute Gasteiger partial charge is 0.496 e. The molecule has 0 spiro atoms. The number of carbonyl (C=O) groups is 1. The van der Waals surface area contributed by atoms with Crippen LogP contribution in [0.5, 0.6) is 5.75 Å². The lowest BCUT2D eigenvalue weighted by molar-refractivity contribution is 0.0827. The predicted molar refractivity (Wildman–Crippen MR) is 127 cm³/mol. The van der Waals surface area contributed by atoms with Gasteiger partial charge in [0, 0.05) is 45.1 Å². The fourth-order valence-corrected chi connectivity index (χ4v) is 3.78. The Morgan fingerprint density at radius 2 is 1.63 bits per heavy atom. The third-order valence-electron chi connectivity index (χ3n) is 4.65. The number of nitrogens with one attached hydrogen (secondary N) is 1.